The molecule has 0 amide bonds. The normalized spacial score (nSPS) is 13.8. The van der Waals surface area contributed by atoms with E-state index in [1.54, 1.807) is 0 Å². The van der Waals surface area contributed by atoms with Crippen LogP contribution in [0.25, 0.3) is 6.08 Å². The highest BCUT2D eigenvalue weighted by molar-refractivity contribution is 5.55. The van der Waals surface area contributed by atoms with Crippen LogP contribution in [0.2, 0.25) is 0 Å². The zero-order chi connectivity index (χ0) is 12.8. The third-order valence-electron chi connectivity index (χ3n) is 3.02. The minimum absolute atomic E-state index is 0.454. The third kappa shape index (κ3) is 4.74. The molecule has 17 heavy (non-hydrogen) atoms. The van der Waals surface area contributed by atoms with Crippen molar-refractivity contribution in [1.29, 1.82) is 0 Å². The maximum absolute atomic E-state index is 3.51. The van der Waals surface area contributed by atoms with E-state index in [0.29, 0.717) is 6.04 Å². The molecule has 1 N–H and O–H groups in total. The Bertz CT molecular complexity index is 370. The first-order chi connectivity index (χ1) is 8.02. The van der Waals surface area contributed by atoms with Crippen LogP contribution in [-0.4, -0.2) is 12.6 Å². The van der Waals surface area contributed by atoms with Crippen molar-refractivity contribution in [2.45, 2.75) is 47.1 Å². The molecule has 1 rings (SSSR count). The molecule has 0 heterocycles. The maximum atomic E-state index is 3.51. The Morgan fingerprint density at radius 1 is 1.24 bits per heavy atom. The van der Waals surface area contributed by atoms with Gasteiger partial charge in [-0.05, 0) is 46.2 Å². The summed E-state index contributed by atoms with van der Waals surface area (Å²) < 4.78 is 0. The number of aryl methyl sites for hydroxylation is 2. The molecule has 0 aliphatic carbocycles. The van der Waals surface area contributed by atoms with Crippen LogP contribution >= 0.6 is 0 Å². The summed E-state index contributed by atoms with van der Waals surface area (Å²) >= 11 is 0. The Morgan fingerprint density at radius 2 is 1.82 bits per heavy atom. The fourth-order valence-electron chi connectivity index (χ4n) is 2.00. The quantitative estimate of drug-likeness (QED) is 0.804. The lowest BCUT2D eigenvalue weighted by atomic mass is 10.0. The lowest BCUT2D eigenvalue weighted by Gasteiger charge is -2.14. The van der Waals surface area contributed by atoms with Crippen molar-refractivity contribution >= 4 is 6.08 Å². The van der Waals surface area contributed by atoms with E-state index in [9.17, 15) is 0 Å². The number of hydrogen-bond acceptors (Lipinski definition) is 1. The molecule has 0 saturated heterocycles. The molecule has 0 fully saturated rings. The zero-order valence-electron chi connectivity index (χ0n) is 11.8. The summed E-state index contributed by atoms with van der Waals surface area (Å²) in [6.45, 7) is 12.0. The summed E-state index contributed by atoms with van der Waals surface area (Å²) in [7, 11) is 0. The van der Waals surface area contributed by atoms with Crippen molar-refractivity contribution in [1.82, 2.24) is 5.32 Å². The molecule has 0 aliphatic rings. The number of nitrogens with one attached hydrogen (secondary N) is 1. The average molecular weight is 231 g/mol. The number of benzene rings is 1. The average Bonchev–Trinajstić information content (AvgIpc) is 2.24. The van der Waals surface area contributed by atoms with Gasteiger partial charge in [-0.25, -0.2) is 0 Å². The molecule has 0 spiro atoms. The van der Waals surface area contributed by atoms with E-state index in [4.69, 9.17) is 0 Å². The molecule has 1 nitrogen and oxygen atoms in total. The lowest BCUT2D eigenvalue weighted by molar-refractivity contribution is 0.604. The Hall–Kier alpha value is -1.08. The second-order valence-corrected chi connectivity index (χ2v) is 4.99. The van der Waals surface area contributed by atoms with Gasteiger partial charge in [0.1, 0.15) is 0 Å². The molecule has 1 atom stereocenters. The molecule has 0 bridgehead atoms. The van der Waals surface area contributed by atoms with Gasteiger partial charge in [0, 0.05) is 6.04 Å². The number of hydrogen-bond donors (Lipinski definition) is 1. The van der Waals surface area contributed by atoms with Crippen LogP contribution in [0.5, 0.6) is 0 Å². The fraction of sp³-hybridized carbons (Fsp3) is 0.500. The maximum Gasteiger partial charge on any atom is 0.0251 e. The Balaban J connectivity index is 2.79. The predicted octanol–water partition coefficient (Wildman–Crippen LogP) is 4.09. The van der Waals surface area contributed by atoms with Crippen LogP contribution in [-0.2, 0) is 0 Å². The van der Waals surface area contributed by atoms with Gasteiger partial charge in [-0.1, -0.05) is 47.9 Å². The molecule has 1 heteroatoms. The van der Waals surface area contributed by atoms with Gasteiger partial charge in [-0.15, -0.1) is 0 Å². The van der Waals surface area contributed by atoms with Gasteiger partial charge in [-0.3, -0.25) is 0 Å². The minimum atomic E-state index is 0.454. The van der Waals surface area contributed by atoms with E-state index < -0.39 is 0 Å². The van der Waals surface area contributed by atoms with Crippen molar-refractivity contribution in [3.63, 3.8) is 0 Å². The largest absolute Gasteiger partial charge is 0.311 e. The SMILES string of the molecule is CCCNC(C)/C(C)=C/c1cc(C)cc(C)c1. The minimum Gasteiger partial charge on any atom is -0.311 e. The summed E-state index contributed by atoms with van der Waals surface area (Å²) in [6.07, 6.45) is 3.47. The smallest absolute Gasteiger partial charge is 0.0251 e. The standard InChI is InChI=1S/C16H25N/c1-6-7-17-15(5)14(4)11-16-9-12(2)8-13(3)10-16/h8-11,15,17H,6-7H2,1-5H3/b14-11+. The van der Waals surface area contributed by atoms with E-state index >= 15 is 0 Å². The van der Waals surface area contributed by atoms with Crippen LogP contribution in [0.1, 0.15) is 43.9 Å². The Kier molecular flexibility index (Phi) is 5.43. The fourth-order valence-corrected chi connectivity index (χ4v) is 2.00. The van der Waals surface area contributed by atoms with Gasteiger partial charge in [0.25, 0.3) is 0 Å². The lowest BCUT2D eigenvalue weighted by Crippen LogP contribution is -2.27. The molecule has 0 aromatic heterocycles. The highest BCUT2D eigenvalue weighted by atomic mass is 14.9. The second kappa shape index (κ2) is 6.61. The molecule has 1 unspecified atom stereocenters. The topological polar surface area (TPSA) is 12.0 Å². The molecular formula is C16H25N. The van der Waals surface area contributed by atoms with E-state index in [2.05, 4.69) is 64.2 Å². The molecule has 1 aromatic carbocycles. The highest BCUT2D eigenvalue weighted by Gasteiger charge is 2.02. The monoisotopic (exact) mass is 231 g/mol. The molecular weight excluding hydrogens is 206 g/mol. The van der Waals surface area contributed by atoms with E-state index in [1.807, 2.05) is 0 Å². The van der Waals surface area contributed by atoms with Crippen LogP contribution in [0.4, 0.5) is 0 Å². The van der Waals surface area contributed by atoms with Gasteiger partial charge in [0.2, 0.25) is 0 Å². The second-order valence-electron chi connectivity index (χ2n) is 4.99. The molecule has 94 valence electrons. The highest BCUT2D eigenvalue weighted by Crippen LogP contribution is 2.14. The summed E-state index contributed by atoms with van der Waals surface area (Å²) in [5.41, 5.74) is 5.37. The number of rotatable bonds is 5. The van der Waals surface area contributed by atoms with Crippen molar-refractivity contribution in [3.05, 3.63) is 40.5 Å². The van der Waals surface area contributed by atoms with Crippen LogP contribution in [0, 0.1) is 13.8 Å². The first-order valence-corrected chi connectivity index (χ1v) is 6.52. The van der Waals surface area contributed by atoms with Gasteiger partial charge >= 0.3 is 0 Å². The van der Waals surface area contributed by atoms with Gasteiger partial charge < -0.3 is 5.32 Å². The van der Waals surface area contributed by atoms with Crippen molar-refractivity contribution < 1.29 is 0 Å². The molecule has 0 radical (unpaired) electrons. The first-order valence-electron chi connectivity index (χ1n) is 6.52. The van der Waals surface area contributed by atoms with E-state index in [1.165, 1.54) is 28.7 Å². The van der Waals surface area contributed by atoms with Gasteiger partial charge in [0.15, 0.2) is 0 Å². The Labute approximate surface area is 106 Å². The summed E-state index contributed by atoms with van der Waals surface area (Å²) in [4.78, 5) is 0. The molecule has 1 aromatic rings. The van der Waals surface area contributed by atoms with Crippen molar-refractivity contribution in [2.24, 2.45) is 0 Å². The van der Waals surface area contributed by atoms with Crippen molar-refractivity contribution in [3.8, 4) is 0 Å². The van der Waals surface area contributed by atoms with E-state index in [-0.39, 0.29) is 0 Å². The van der Waals surface area contributed by atoms with Crippen LogP contribution in [0.15, 0.2) is 23.8 Å². The predicted molar refractivity (Wildman–Crippen MR) is 77.3 cm³/mol. The van der Waals surface area contributed by atoms with Crippen molar-refractivity contribution in [2.75, 3.05) is 6.54 Å². The zero-order valence-corrected chi connectivity index (χ0v) is 11.8. The van der Waals surface area contributed by atoms with Gasteiger partial charge in [-0.2, -0.15) is 0 Å². The first kappa shape index (κ1) is 14.0. The summed E-state index contributed by atoms with van der Waals surface area (Å²) in [5.74, 6) is 0. The van der Waals surface area contributed by atoms with Crippen LogP contribution < -0.4 is 5.32 Å². The summed E-state index contributed by atoms with van der Waals surface area (Å²) in [6, 6.07) is 7.15. The van der Waals surface area contributed by atoms with Crippen LogP contribution in [0.3, 0.4) is 0 Å². The molecule has 0 saturated carbocycles. The third-order valence-corrected chi connectivity index (χ3v) is 3.02. The summed E-state index contributed by atoms with van der Waals surface area (Å²) in [5, 5.41) is 3.51. The van der Waals surface area contributed by atoms with Gasteiger partial charge in [0.05, 0.1) is 0 Å². The van der Waals surface area contributed by atoms with E-state index in [0.717, 1.165) is 6.54 Å². The Morgan fingerprint density at radius 3 is 2.35 bits per heavy atom. The molecule has 0 aliphatic heterocycles.